The van der Waals surface area contributed by atoms with Gasteiger partial charge in [0, 0.05) is 17.3 Å². The maximum absolute atomic E-state index is 12.3. The highest BCUT2D eigenvalue weighted by Crippen LogP contribution is 2.28. The normalized spacial score (nSPS) is 10.6. The molecule has 1 aromatic heterocycles. The van der Waals surface area contributed by atoms with Gasteiger partial charge in [0.25, 0.3) is 5.91 Å². The molecule has 0 aliphatic rings. The first-order chi connectivity index (χ1) is 14.7. The third-order valence-corrected chi connectivity index (χ3v) is 4.44. The van der Waals surface area contributed by atoms with Gasteiger partial charge in [0.05, 0.1) is 14.2 Å². The molecule has 0 saturated carbocycles. The zero-order chi connectivity index (χ0) is 20.9. The number of carbonyl (C=O) groups excluding carboxylic acids is 1. The van der Waals surface area contributed by atoms with Crippen LogP contribution in [-0.2, 0) is 4.79 Å². The molecular formula is C23H20N2O5. The molecule has 0 spiro atoms. The van der Waals surface area contributed by atoms with Crippen LogP contribution >= 0.6 is 0 Å². The molecule has 0 radical (unpaired) electrons. The van der Waals surface area contributed by atoms with Crippen LogP contribution in [0.15, 0.2) is 71.1 Å². The van der Waals surface area contributed by atoms with Crippen LogP contribution in [0.2, 0.25) is 0 Å². The summed E-state index contributed by atoms with van der Waals surface area (Å²) in [5.41, 5.74) is 2.70. The van der Waals surface area contributed by atoms with Gasteiger partial charge in [0.15, 0.2) is 23.7 Å². The highest BCUT2D eigenvalue weighted by molar-refractivity contribution is 5.94. The fraction of sp³-hybridized carbons (Fsp3) is 0.130. The summed E-state index contributed by atoms with van der Waals surface area (Å²) in [6, 6.07) is 19.9. The number of nitrogens with one attached hydrogen (secondary N) is 1. The minimum Gasteiger partial charge on any atom is -0.497 e. The van der Waals surface area contributed by atoms with E-state index in [1.807, 2.05) is 36.4 Å². The fourth-order valence-electron chi connectivity index (χ4n) is 2.94. The van der Waals surface area contributed by atoms with Gasteiger partial charge in [-0.05, 0) is 48.5 Å². The van der Waals surface area contributed by atoms with Crippen molar-refractivity contribution in [3.05, 3.63) is 66.7 Å². The lowest BCUT2D eigenvalue weighted by Crippen LogP contribution is -2.20. The van der Waals surface area contributed by atoms with Crippen LogP contribution < -0.4 is 19.5 Å². The Morgan fingerprint density at radius 1 is 0.967 bits per heavy atom. The SMILES string of the molecule is COc1ccc(-c2nc3ccc(NC(=O)COc4ccccc4OC)cc3o2)cc1. The van der Waals surface area contributed by atoms with E-state index in [-0.39, 0.29) is 12.5 Å². The number of carbonyl (C=O) groups is 1. The summed E-state index contributed by atoms with van der Waals surface area (Å²) in [7, 11) is 3.17. The number of benzene rings is 3. The fourth-order valence-corrected chi connectivity index (χ4v) is 2.94. The van der Waals surface area contributed by atoms with Crippen molar-refractivity contribution in [3.8, 4) is 28.7 Å². The van der Waals surface area contributed by atoms with Crippen molar-refractivity contribution in [2.24, 2.45) is 0 Å². The number of oxazole rings is 1. The van der Waals surface area contributed by atoms with E-state index in [4.69, 9.17) is 18.6 Å². The molecule has 0 fully saturated rings. The lowest BCUT2D eigenvalue weighted by molar-refractivity contribution is -0.118. The van der Waals surface area contributed by atoms with Gasteiger partial charge in [-0.25, -0.2) is 4.98 Å². The zero-order valence-corrected chi connectivity index (χ0v) is 16.5. The average Bonchev–Trinajstić information content (AvgIpc) is 3.21. The quantitative estimate of drug-likeness (QED) is 0.487. The number of aromatic nitrogens is 1. The minimum absolute atomic E-state index is 0.147. The Morgan fingerprint density at radius 3 is 2.47 bits per heavy atom. The summed E-state index contributed by atoms with van der Waals surface area (Å²) in [4.78, 5) is 16.8. The van der Waals surface area contributed by atoms with Crippen molar-refractivity contribution in [2.75, 3.05) is 26.1 Å². The molecule has 152 valence electrons. The van der Waals surface area contributed by atoms with E-state index in [0.717, 1.165) is 11.3 Å². The van der Waals surface area contributed by atoms with Gasteiger partial charge in [-0.3, -0.25) is 4.79 Å². The van der Waals surface area contributed by atoms with E-state index in [2.05, 4.69) is 10.3 Å². The second-order valence-corrected chi connectivity index (χ2v) is 6.42. The van der Waals surface area contributed by atoms with Crippen molar-refractivity contribution in [1.29, 1.82) is 0 Å². The van der Waals surface area contributed by atoms with Gasteiger partial charge in [0.2, 0.25) is 5.89 Å². The number of fused-ring (bicyclic) bond motifs is 1. The summed E-state index contributed by atoms with van der Waals surface area (Å²) in [6.45, 7) is -0.147. The maximum Gasteiger partial charge on any atom is 0.262 e. The first-order valence-corrected chi connectivity index (χ1v) is 9.27. The Hall–Kier alpha value is -4.00. The van der Waals surface area contributed by atoms with E-state index in [1.54, 1.807) is 44.6 Å². The van der Waals surface area contributed by atoms with Crippen molar-refractivity contribution in [3.63, 3.8) is 0 Å². The highest BCUT2D eigenvalue weighted by atomic mass is 16.5. The monoisotopic (exact) mass is 404 g/mol. The largest absolute Gasteiger partial charge is 0.497 e. The minimum atomic E-state index is -0.296. The summed E-state index contributed by atoms with van der Waals surface area (Å²) in [5, 5.41) is 2.80. The Bertz CT molecular complexity index is 1170. The number of hydrogen-bond acceptors (Lipinski definition) is 6. The Balaban J connectivity index is 1.44. The van der Waals surface area contributed by atoms with Crippen LogP contribution in [0.4, 0.5) is 5.69 Å². The number of nitrogens with zero attached hydrogens (tertiary/aromatic N) is 1. The van der Waals surface area contributed by atoms with Crippen molar-refractivity contribution >= 4 is 22.7 Å². The molecule has 30 heavy (non-hydrogen) atoms. The van der Waals surface area contributed by atoms with E-state index in [0.29, 0.717) is 34.2 Å². The Labute approximate surface area is 173 Å². The Kier molecular flexibility index (Phi) is 5.52. The van der Waals surface area contributed by atoms with E-state index >= 15 is 0 Å². The molecule has 0 atom stereocenters. The topological polar surface area (TPSA) is 82.8 Å². The Morgan fingerprint density at radius 2 is 1.73 bits per heavy atom. The van der Waals surface area contributed by atoms with Gasteiger partial charge >= 0.3 is 0 Å². The van der Waals surface area contributed by atoms with Crippen LogP contribution in [0, 0.1) is 0 Å². The number of para-hydroxylation sites is 2. The second-order valence-electron chi connectivity index (χ2n) is 6.42. The molecule has 1 amide bonds. The second kappa shape index (κ2) is 8.57. The molecule has 0 aliphatic heterocycles. The summed E-state index contributed by atoms with van der Waals surface area (Å²) in [5.74, 6) is 2.03. The van der Waals surface area contributed by atoms with Crippen molar-refractivity contribution in [1.82, 2.24) is 4.98 Å². The van der Waals surface area contributed by atoms with Crippen LogP contribution in [0.25, 0.3) is 22.6 Å². The van der Waals surface area contributed by atoms with Crippen LogP contribution in [-0.4, -0.2) is 31.7 Å². The number of amides is 1. The van der Waals surface area contributed by atoms with Crippen LogP contribution in [0.3, 0.4) is 0 Å². The lowest BCUT2D eigenvalue weighted by Gasteiger charge is -2.10. The van der Waals surface area contributed by atoms with Crippen LogP contribution in [0.5, 0.6) is 17.2 Å². The third kappa shape index (κ3) is 4.20. The number of methoxy groups -OCH3 is 2. The smallest absolute Gasteiger partial charge is 0.262 e. The molecule has 7 heteroatoms. The van der Waals surface area contributed by atoms with Gasteiger partial charge in [0.1, 0.15) is 11.3 Å². The van der Waals surface area contributed by atoms with Gasteiger partial charge in [-0.1, -0.05) is 12.1 Å². The first kappa shape index (κ1) is 19.3. The molecule has 0 bridgehead atoms. The number of rotatable bonds is 7. The predicted molar refractivity (Wildman–Crippen MR) is 113 cm³/mol. The molecular weight excluding hydrogens is 384 g/mol. The molecule has 1 heterocycles. The molecule has 7 nitrogen and oxygen atoms in total. The van der Waals surface area contributed by atoms with Gasteiger partial charge < -0.3 is 23.9 Å². The standard InChI is InChI=1S/C23H20N2O5/c1-27-17-10-7-15(8-11-17)23-25-18-12-9-16(13-21(18)30-23)24-22(26)14-29-20-6-4-3-5-19(20)28-2/h3-13H,14H2,1-2H3,(H,24,26). The molecule has 1 N–H and O–H groups in total. The molecule has 0 unspecified atom stereocenters. The van der Waals surface area contributed by atoms with Crippen molar-refractivity contribution < 1.29 is 23.4 Å². The van der Waals surface area contributed by atoms with E-state index in [9.17, 15) is 4.79 Å². The predicted octanol–water partition coefficient (Wildman–Crippen LogP) is 4.53. The number of anilines is 1. The summed E-state index contributed by atoms with van der Waals surface area (Å²) >= 11 is 0. The average molecular weight is 404 g/mol. The van der Waals surface area contributed by atoms with Gasteiger partial charge in [-0.2, -0.15) is 0 Å². The zero-order valence-electron chi connectivity index (χ0n) is 16.5. The van der Waals surface area contributed by atoms with Crippen LogP contribution in [0.1, 0.15) is 0 Å². The molecule has 0 saturated heterocycles. The maximum atomic E-state index is 12.3. The van der Waals surface area contributed by atoms with E-state index < -0.39 is 0 Å². The molecule has 4 rings (SSSR count). The first-order valence-electron chi connectivity index (χ1n) is 9.27. The van der Waals surface area contributed by atoms with E-state index in [1.165, 1.54) is 0 Å². The van der Waals surface area contributed by atoms with Crippen molar-refractivity contribution in [2.45, 2.75) is 0 Å². The summed E-state index contributed by atoms with van der Waals surface area (Å²) in [6.07, 6.45) is 0. The number of hydrogen-bond donors (Lipinski definition) is 1. The third-order valence-electron chi connectivity index (χ3n) is 4.44. The number of ether oxygens (including phenoxy) is 3. The molecule has 4 aromatic rings. The molecule has 0 aliphatic carbocycles. The summed E-state index contributed by atoms with van der Waals surface area (Å²) < 4.78 is 21.8. The molecule has 3 aromatic carbocycles. The highest BCUT2D eigenvalue weighted by Gasteiger charge is 2.11. The van der Waals surface area contributed by atoms with Gasteiger partial charge in [-0.15, -0.1) is 0 Å². The lowest BCUT2D eigenvalue weighted by atomic mass is 10.2.